The first-order valence-corrected chi connectivity index (χ1v) is 8.67. The summed E-state index contributed by atoms with van der Waals surface area (Å²) in [5.41, 5.74) is 0.573. The Morgan fingerprint density at radius 2 is 2.12 bits per heavy atom. The van der Waals surface area contributed by atoms with E-state index in [1.807, 2.05) is 19.4 Å². The second-order valence-corrected chi connectivity index (χ2v) is 7.24. The number of rotatable bonds is 4. The van der Waals surface area contributed by atoms with Crippen LogP contribution in [0, 0.1) is 5.82 Å². The number of nitrogens with zero attached hydrogens (tertiary/aromatic N) is 3. The molecule has 2 aromatic rings. The molecule has 2 heterocycles. The van der Waals surface area contributed by atoms with Gasteiger partial charge in [0.2, 0.25) is 5.91 Å². The summed E-state index contributed by atoms with van der Waals surface area (Å²) in [7, 11) is 1.89. The molecule has 1 fully saturated rings. The van der Waals surface area contributed by atoms with Crippen molar-refractivity contribution < 1.29 is 9.18 Å². The third-order valence-electron chi connectivity index (χ3n) is 4.93. The molecule has 3 rings (SSSR count). The zero-order valence-electron chi connectivity index (χ0n) is 15.0. The van der Waals surface area contributed by atoms with Crippen LogP contribution in [0.25, 0.3) is 0 Å². The number of halogens is 1. The maximum Gasteiger partial charge on any atom is 0.230 e. The molecule has 5 nitrogen and oxygen atoms in total. The van der Waals surface area contributed by atoms with Gasteiger partial charge in [-0.1, -0.05) is 18.2 Å². The normalized spacial score (nSPS) is 18.2. The summed E-state index contributed by atoms with van der Waals surface area (Å²) in [5.74, 6) is -0.487. The van der Waals surface area contributed by atoms with Gasteiger partial charge in [-0.05, 0) is 32.8 Å². The Labute approximate surface area is 147 Å². The summed E-state index contributed by atoms with van der Waals surface area (Å²) in [6.07, 6.45) is 5.75. The van der Waals surface area contributed by atoms with Gasteiger partial charge in [0, 0.05) is 37.9 Å². The van der Waals surface area contributed by atoms with Gasteiger partial charge in [0.05, 0.1) is 17.3 Å². The van der Waals surface area contributed by atoms with Gasteiger partial charge in [0.15, 0.2) is 0 Å². The van der Waals surface area contributed by atoms with Crippen LogP contribution in [-0.4, -0.2) is 34.8 Å². The smallest absolute Gasteiger partial charge is 0.230 e. The van der Waals surface area contributed by atoms with Crippen molar-refractivity contribution >= 4 is 11.6 Å². The molecule has 1 N–H and O–H groups in total. The van der Waals surface area contributed by atoms with Crippen LogP contribution in [0.4, 0.5) is 10.1 Å². The summed E-state index contributed by atoms with van der Waals surface area (Å²) < 4.78 is 15.9. The number of carbonyl (C=O) groups is 1. The van der Waals surface area contributed by atoms with Crippen LogP contribution in [0.3, 0.4) is 0 Å². The number of carbonyl (C=O) groups excluding carboxylic acids is 1. The number of benzene rings is 1. The molecular weight excluding hydrogens is 319 g/mol. The first-order valence-electron chi connectivity index (χ1n) is 8.67. The zero-order chi connectivity index (χ0) is 18.0. The van der Waals surface area contributed by atoms with E-state index < -0.39 is 5.41 Å². The largest absolute Gasteiger partial charge is 0.367 e. The van der Waals surface area contributed by atoms with Gasteiger partial charge in [0.1, 0.15) is 5.82 Å². The molecule has 1 atom stereocenters. The fraction of sp³-hybridized carbons (Fsp3) is 0.474. The van der Waals surface area contributed by atoms with Crippen LogP contribution in [0.2, 0.25) is 0 Å². The van der Waals surface area contributed by atoms with Crippen molar-refractivity contribution in [2.45, 2.75) is 38.1 Å². The lowest BCUT2D eigenvalue weighted by atomic mass is 9.83. The highest BCUT2D eigenvalue weighted by molar-refractivity contribution is 5.87. The number of anilines is 1. The van der Waals surface area contributed by atoms with Gasteiger partial charge in [-0.15, -0.1) is 0 Å². The predicted octanol–water partition coefficient (Wildman–Crippen LogP) is 2.62. The molecular formula is C19H25FN4O. The Balaban J connectivity index is 1.69. The zero-order valence-corrected chi connectivity index (χ0v) is 15.0. The number of amides is 1. The topological polar surface area (TPSA) is 50.2 Å². The third-order valence-corrected chi connectivity index (χ3v) is 4.93. The Hall–Kier alpha value is -2.37. The number of piperidine rings is 1. The van der Waals surface area contributed by atoms with Crippen LogP contribution in [0.1, 0.15) is 32.3 Å². The molecule has 1 aliphatic rings. The highest BCUT2D eigenvalue weighted by Crippen LogP contribution is 2.27. The fourth-order valence-electron chi connectivity index (χ4n) is 3.36. The summed E-state index contributed by atoms with van der Waals surface area (Å²) >= 11 is 0. The van der Waals surface area contributed by atoms with E-state index in [-0.39, 0.29) is 17.8 Å². The van der Waals surface area contributed by atoms with E-state index in [4.69, 9.17) is 0 Å². The average Bonchev–Trinajstić information content (AvgIpc) is 3.02. The molecule has 0 unspecified atom stereocenters. The Bertz CT molecular complexity index is 755. The monoisotopic (exact) mass is 344 g/mol. The number of hydrogen-bond acceptors (Lipinski definition) is 3. The second-order valence-electron chi connectivity index (χ2n) is 7.24. The van der Waals surface area contributed by atoms with Crippen LogP contribution >= 0.6 is 0 Å². The number of nitrogens with one attached hydrogen (secondary N) is 1. The van der Waals surface area contributed by atoms with Gasteiger partial charge in [0.25, 0.3) is 0 Å². The molecule has 1 aliphatic heterocycles. The maximum atomic E-state index is 14.1. The van der Waals surface area contributed by atoms with Crippen LogP contribution in [0.5, 0.6) is 0 Å². The van der Waals surface area contributed by atoms with Crippen molar-refractivity contribution in [2.75, 3.05) is 18.0 Å². The Morgan fingerprint density at radius 3 is 2.80 bits per heavy atom. The van der Waals surface area contributed by atoms with E-state index in [1.54, 1.807) is 36.7 Å². The fourth-order valence-corrected chi connectivity index (χ4v) is 3.36. The maximum absolute atomic E-state index is 14.1. The van der Waals surface area contributed by atoms with E-state index in [2.05, 4.69) is 15.3 Å². The first-order chi connectivity index (χ1) is 11.9. The standard InChI is InChI=1S/C19H25FN4O/c1-19(2,16-8-4-5-9-17(16)20)18(25)22-14-7-6-10-24(12-14)15-11-21-23(3)13-15/h4-5,8-9,11,13-14H,6-7,10,12H2,1-3H3,(H,22,25)/t14-/m1/s1. The van der Waals surface area contributed by atoms with Crippen molar-refractivity contribution in [3.8, 4) is 0 Å². The SMILES string of the molecule is Cn1cc(N2CCC[C@@H](NC(=O)C(C)(C)c3ccccc3F)C2)cn1. The number of aryl methyl sites for hydroxylation is 1. The van der Waals surface area contributed by atoms with E-state index in [0.29, 0.717) is 5.56 Å². The molecule has 134 valence electrons. The molecule has 1 aromatic heterocycles. The van der Waals surface area contributed by atoms with Gasteiger partial charge >= 0.3 is 0 Å². The van der Waals surface area contributed by atoms with Crippen molar-refractivity contribution in [1.29, 1.82) is 0 Å². The second kappa shape index (κ2) is 6.86. The third kappa shape index (κ3) is 3.67. The molecule has 1 amide bonds. The lowest BCUT2D eigenvalue weighted by Crippen LogP contribution is -2.52. The summed E-state index contributed by atoms with van der Waals surface area (Å²) in [6.45, 7) is 5.23. The van der Waals surface area contributed by atoms with Crippen LogP contribution < -0.4 is 10.2 Å². The van der Waals surface area contributed by atoms with Gasteiger partial charge in [-0.3, -0.25) is 9.48 Å². The molecule has 0 saturated carbocycles. The Kier molecular flexibility index (Phi) is 4.79. The summed E-state index contributed by atoms with van der Waals surface area (Å²) in [4.78, 5) is 15.1. The first kappa shape index (κ1) is 17.5. The predicted molar refractivity (Wildman–Crippen MR) is 96.0 cm³/mol. The molecule has 0 spiro atoms. The minimum absolute atomic E-state index is 0.0486. The average molecular weight is 344 g/mol. The molecule has 0 radical (unpaired) electrons. The van der Waals surface area contributed by atoms with Gasteiger partial charge in [-0.2, -0.15) is 5.10 Å². The van der Waals surface area contributed by atoms with Crippen molar-refractivity contribution in [1.82, 2.24) is 15.1 Å². The van der Waals surface area contributed by atoms with Crippen LogP contribution in [-0.2, 0) is 17.3 Å². The highest BCUT2D eigenvalue weighted by atomic mass is 19.1. The lowest BCUT2D eigenvalue weighted by Gasteiger charge is -2.35. The van der Waals surface area contributed by atoms with Crippen LogP contribution in [0.15, 0.2) is 36.7 Å². The van der Waals surface area contributed by atoms with Gasteiger partial charge < -0.3 is 10.2 Å². The number of aromatic nitrogens is 2. The highest BCUT2D eigenvalue weighted by Gasteiger charge is 2.34. The van der Waals surface area contributed by atoms with Crippen molar-refractivity contribution in [3.05, 3.63) is 48.0 Å². The molecule has 0 aliphatic carbocycles. The van der Waals surface area contributed by atoms with Gasteiger partial charge in [-0.25, -0.2) is 4.39 Å². The van der Waals surface area contributed by atoms with E-state index in [1.165, 1.54) is 6.07 Å². The minimum Gasteiger partial charge on any atom is -0.367 e. The van der Waals surface area contributed by atoms with E-state index in [0.717, 1.165) is 31.6 Å². The molecule has 1 saturated heterocycles. The van der Waals surface area contributed by atoms with Crippen molar-refractivity contribution in [2.24, 2.45) is 7.05 Å². The van der Waals surface area contributed by atoms with Crippen molar-refractivity contribution in [3.63, 3.8) is 0 Å². The molecule has 25 heavy (non-hydrogen) atoms. The Morgan fingerprint density at radius 1 is 1.36 bits per heavy atom. The summed E-state index contributed by atoms with van der Waals surface area (Å²) in [6, 6.07) is 6.53. The molecule has 1 aromatic carbocycles. The number of hydrogen-bond donors (Lipinski definition) is 1. The lowest BCUT2D eigenvalue weighted by molar-refractivity contribution is -0.126. The molecule has 0 bridgehead atoms. The van der Waals surface area contributed by atoms with E-state index in [9.17, 15) is 9.18 Å². The molecule has 6 heteroatoms. The summed E-state index contributed by atoms with van der Waals surface area (Å²) in [5, 5.41) is 7.33. The quantitative estimate of drug-likeness (QED) is 0.928. The minimum atomic E-state index is -0.915. The van der Waals surface area contributed by atoms with E-state index >= 15 is 0 Å².